The standard InChI is InChI=1S/C19H19NO/c1-13(2)21-19-14(3)12-17(15-8-5-4-6-9-15)16-10-7-11-20-18(16)19/h4-13H,1-3H3. The molecule has 1 aromatic heterocycles. The molecule has 21 heavy (non-hydrogen) atoms. The molecule has 0 spiro atoms. The molecule has 0 saturated carbocycles. The Morgan fingerprint density at radius 3 is 2.48 bits per heavy atom. The number of pyridine rings is 1. The van der Waals surface area contributed by atoms with Crippen molar-refractivity contribution in [3.8, 4) is 16.9 Å². The van der Waals surface area contributed by atoms with Crippen LogP contribution in [0.2, 0.25) is 0 Å². The normalized spacial score (nSPS) is 11.0. The monoisotopic (exact) mass is 277 g/mol. The van der Waals surface area contributed by atoms with Gasteiger partial charge in [-0.3, -0.25) is 4.98 Å². The van der Waals surface area contributed by atoms with Crippen molar-refractivity contribution in [2.45, 2.75) is 26.9 Å². The molecule has 0 atom stereocenters. The molecule has 2 heteroatoms. The van der Waals surface area contributed by atoms with E-state index in [1.165, 1.54) is 11.1 Å². The lowest BCUT2D eigenvalue weighted by atomic mass is 9.97. The van der Waals surface area contributed by atoms with E-state index >= 15 is 0 Å². The Hall–Kier alpha value is -2.35. The van der Waals surface area contributed by atoms with Crippen LogP contribution in [0.5, 0.6) is 5.75 Å². The highest BCUT2D eigenvalue weighted by Crippen LogP contribution is 2.36. The second kappa shape index (κ2) is 5.57. The SMILES string of the molecule is Cc1cc(-c2ccccc2)c2cccnc2c1OC(C)C. The Bertz CT molecular complexity index is 763. The first-order chi connectivity index (χ1) is 10.2. The maximum Gasteiger partial charge on any atom is 0.148 e. The largest absolute Gasteiger partial charge is 0.488 e. The molecule has 0 aliphatic heterocycles. The van der Waals surface area contributed by atoms with Crippen LogP contribution >= 0.6 is 0 Å². The molecule has 2 aromatic carbocycles. The van der Waals surface area contributed by atoms with Crippen LogP contribution in [-0.4, -0.2) is 11.1 Å². The minimum Gasteiger partial charge on any atom is -0.488 e. The van der Waals surface area contributed by atoms with Gasteiger partial charge >= 0.3 is 0 Å². The Kier molecular flexibility index (Phi) is 3.61. The zero-order valence-corrected chi connectivity index (χ0v) is 12.6. The van der Waals surface area contributed by atoms with Crippen LogP contribution in [0.3, 0.4) is 0 Å². The van der Waals surface area contributed by atoms with Crippen molar-refractivity contribution in [1.82, 2.24) is 4.98 Å². The topological polar surface area (TPSA) is 22.1 Å². The second-order valence-electron chi connectivity index (χ2n) is 5.50. The first-order valence-corrected chi connectivity index (χ1v) is 7.27. The van der Waals surface area contributed by atoms with E-state index in [4.69, 9.17) is 4.74 Å². The molecule has 1 heterocycles. The van der Waals surface area contributed by atoms with E-state index in [1.807, 2.05) is 32.2 Å². The minimum atomic E-state index is 0.136. The van der Waals surface area contributed by atoms with E-state index in [0.717, 1.165) is 22.2 Å². The van der Waals surface area contributed by atoms with Gasteiger partial charge in [-0.25, -0.2) is 0 Å². The molecule has 0 fully saturated rings. The molecule has 0 radical (unpaired) electrons. The van der Waals surface area contributed by atoms with Crippen LogP contribution in [-0.2, 0) is 0 Å². The van der Waals surface area contributed by atoms with Crippen LogP contribution < -0.4 is 4.74 Å². The number of hydrogen-bond donors (Lipinski definition) is 0. The molecule has 106 valence electrons. The van der Waals surface area contributed by atoms with Gasteiger partial charge in [0.25, 0.3) is 0 Å². The number of ether oxygens (including phenoxy) is 1. The number of hydrogen-bond acceptors (Lipinski definition) is 2. The van der Waals surface area contributed by atoms with Gasteiger partial charge in [0.05, 0.1) is 6.10 Å². The van der Waals surface area contributed by atoms with Gasteiger partial charge in [0.2, 0.25) is 0 Å². The van der Waals surface area contributed by atoms with Gasteiger partial charge in [0.1, 0.15) is 11.3 Å². The van der Waals surface area contributed by atoms with E-state index in [-0.39, 0.29) is 6.10 Å². The number of nitrogens with zero attached hydrogens (tertiary/aromatic N) is 1. The van der Waals surface area contributed by atoms with Crippen molar-refractivity contribution in [1.29, 1.82) is 0 Å². The van der Waals surface area contributed by atoms with E-state index < -0.39 is 0 Å². The van der Waals surface area contributed by atoms with Crippen LogP contribution in [0, 0.1) is 6.92 Å². The van der Waals surface area contributed by atoms with Gasteiger partial charge in [-0.05, 0) is 49.6 Å². The summed E-state index contributed by atoms with van der Waals surface area (Å²) in [5.41, 5.74) is 4.46. The highest BCUT2D eigenvalue weighted by atomic mass is 16.5. The zero-order valence-electron chi connectivity index (χ0n) is 12.6. The van der Waals surface area contributed by atoms with Crippen molar-refractivity contribution in [2.75, 3.05) is 0 Å². The molecule has 0 bridgehead atoms. The van der Waals surface area contributed by atoms with Gasteiger partial charge in [-0.1, -0.05) is 36.4 Å². The molecule has 0 aliphatic rings. The average molecular weight is 277 g/mol. The molecule has 0 N–H and O–H groups in total. The molecule has 0 saturated heterocycles. The summed E-state index contributed by atoms with van der Waals surface area (Å²) in [6, 6.07) is 16.7. The van der Waals surface area contributed by atoms with Crippen LogP contribution in [0.4, 0.5) is 0 Å². The maximum atomic E-state index is 5.99. The van der Waals surface area contributed by atoms with Gasteiger partial charge in [0.15, 0.2) is 0 Å². The summed E-state index contributed by atoms with van der Waals surface area (Å²) in [4.78, 5) is 4.56. The van der Waals surface area contributed by atoms with Crippen molar-refractivity contribution < 1.29 is 4.74 Å². The predicted octanol–water partition coefficient (Wildman–Crippen LogP) is 5.00. The third-order valence-electron chi connectivity index (χ3n) is 3.47. The summed E-state index contributed by atoms with van der Waals surface area (Å²) in [5, 5.41) is 1.13. The zero-order chi connectivity index (χ0) is 14.8. The molecule has 3 aromatic rings. The number of rotatable bonds is 3. The smallest absolute Gasteiger partial charge is 0.148 e. The fourth-order valence-corrected chi connectivity index (χ4v) is 2.59. The van der Waals surface area contributed by atoms with Crippen LogP contribution in [0.15, 0.2) is 54.7 Å². The molecule has 0 unspecified atom stereocenters. The quantitative estimate of drug-likeness (QED) is 0.672. The van der Waals surface area contributed by atoms with Crippen molar-refractivity contribution in [3.63, 3.8) is 0 Å². The average Bonchev–Trinajstić information content (AvgIpc) is 2.50. The number of fused-ring (bicyclic) bond motifs is 1. The Morgan fingerprint density at radius 2 is 1.76 bits per heavy atom. The molecule has 0 amide bonds. The highest BCUT2D eigenvalue weighted by molar-refractivity contribution is 5.98. The predicted molar refractivity (Wildman–Crippen MR) is 87.7 cm³/mol. The van der Waals surface area contributed by atoms with E-state index in [0.29, 0.717) is 0 Å². The van der Waals surface area contributed by atoms with Gasteiger partial charge in [-0.15, -0.1) is 0 Å². The summed E-state index contributed by atoms with van der Waals surface area (Å²) >= 11 is 0. The minimum absolute atomic E-state index is 0.136. The van der Waals surface area contributed by atoms with Gasteiger partial charge in [-0.2, -0.15) is 0 Å². The van der Waals surface area contributed by atoms with Crippen LogP contribution in [0.1, 0.15) is 19.4 Å². The van der Waals surface area contributed by atoms with Crippen LogP contribution in [0.25, 0.3) is 22.0 Å². The summed E-state index contributed by atoms with van der Waals surface area (Å²) < 4.78 is 5.99. The lowest BCUT2D eigenvalue weighted by molar-refractivity contribution is 0.243. The molecule has 2 nitrogen and oxygen atoms in total. The van der Waals surface area contributed by atoms with Gasteiger partial charge < -0.3 is 4.74 Å². The van der Waals surface area contributed by atoms with Crippen molar-refractivity contribution in [3.05, 3.63) is 60.3 Å². The number of aryl methyl sites for hydroxylation is 1. The third-order valence-corrected chi connectivity index (χ3v) is 3.47. The number of aromatic nitrogens is 1. The second-order valence-corrected chi connectivity index (χ2v) is 5.50. The van der Waals surface area contributed by atoms with Crippen molar-refractivity contribution >= 4 is 10.9 Å². The summed E-state index contributed by atoms with van der Waals surface area (Å²) in [6.07, 6.45) is 1.96. The van der Waals surface area contributed by atoms with E-state index in [1.54, 1.807) is 0 Å². The Labute approximate surface area is 125 Å². The van der Waals surface area contributed by atoms with E-state index in [9.17, 15) is 0 Å². The van der Waals surface area contributed by atoms with E-state index in [2.05, 4.69) is 48.3 Å². The first kappa shape index (κ1) is 13.6. The highest BCUT2D eigenvalue weighted by Gasteiger charge is 2.13. The first-order valence-electron chi connectivity index (χ1n) is 7.27. The molecule has 3 rings (SSSR count). The number of benzene rings is 2. The lowest BCUT2D eigenvalue weighted by Crippen LogP contribution is -2.07. The fourth-order valence-electron chi connectivity index (χ4n) is 2.59. The maximum absolute atomic E-state index is 5.99. The molecular formula is C19H19NO. The Balaban J connectivity index is 2.29. The van der Waals surface area contributed by atoms with Gasteiger partial charge in [0, 0.05) is 11.6 Å². The lowest BCUT2D eigenvalue weighted by Gasteiger charge is -2.17. The fraction of sp³-hybridized carbons (Fsp3) is 0.211. The summed E-state index contributed by atoms with van der Waals surface area (Å²) in [7, 11) is 0. The third kappa shape index (κ3) is 2.62. The summed E-state index contributed by atoms with van der Waals surface area (Å²) in [5.74, 6) is 0.889. The van der Waals surface area contributed by atoms with Crippen molar-refractivity contribution in [2.24, 2.45) is 0 Å². The summed E-state index contributed by atoms with van der Waals surface area (Å²) in [6.45, 7) is 6.16. The Morgan fingerprint density at radius 1 is 1.00 bits per heavy atom. The molecule has 0 aliphatic carbocycles. The molecular weight excluding hydrogens is 258 g/mol.